The van der Waals surface area contributed by atoms with E-state index < -0.39 is 23.6 Å². The van der Waals surface area contributed by atoms with E-state index in [4.69, 9.17) is 16.3 Å². The van der Waals surface area contributed by atoms with Gasteiger partial charge in [0.1, 0.15) is 17.7 Å². The van der Waals surface area contributed by atoms with E-state index in [0.29, 0.717) is 17.8 Å². The highest BCUT2D eigenvalue weighted by atomic mass is 35.5. The topological polar surface area (TPSA) is 21.3 Å². The van der Waals surface area contributed by atoms with Crippen LogP contribution in [0.15, 0.2) is 30.3 Å². The van der Waals surface area contributed by atoms with Crippen molar-refractivity contribution in [3.05, 3.63) is 58.4 Å². The average molecular weight is 300 g/mol. The van der Waals surface area contributed by atoms with E-state index in [1.165, 1.54) is 12.1 Å². The van der Waals surface area contributed by atoms with Gasteiger partial charge in [-0.25, -0.2) is 13.2 Å². The second-order valence-electron chi connectivity index (χ2n) is 4.42. The minimum Gasteiger partial charge on any atom is -0.482 e. The molecule has 6 heteroatoms. The second-order valence-corrected chi connectivity index (χ2v) is 4.83. The van der Waals surface area contributed by atoms with Gasteiger partial charge in [0.2, 0.25) is 0 Å². The Morgan fingerprint density at radius 3 is 2.60 bits per heavy atom. The minimum atomic E-state index is -0.945. The number of hydrogen-bond donors (Lipinski definition) is 1. The van der Waals surface area contributed by atoms with Crippen LogP contribution >= 0.6 is 11.6 Å². The molecule has 0 spiro atoms. The maximum absolute atomic E-state index is 13.4. The molecule has 1 N–H and O–H groups in total. The molecule has 1 atom stereocenters. The molecule has 2 nitrogen and oxygen atoms in total. The molecule has 1 heterocycles. The number of anilines is 1. The molecule has 0 radical (unpaired) electrons. The lowest BCUT2D eigenvalue weighted by molar-refractivity contribution is 0.209. The van der Waals surface area contributed by atoms with Crippen molar-refractivity contribution in [1.29, 1.82) is 0 Å². The van der Waals surface area contributed by atoms with E-state index >= 15 is 0 Å². The number of ether oxygens (including phenoxy) is 1. The predicted octanol–water partition coefficient (Wildman–Crippen LogP) is 4.30. The summed E-state index contributed by atoms with van der Waals surface area (Å²) in [6.07, 6.45) is -0.529. The zero-order valence-corrected chi connectivity index (χ0v) is 10.8. The first-order valence-electron chi connectivity index (χ1n) is 5.89. The van der Waals surface area contributed by atoms with Crippen molar-refractivity contribution in [2.75, 3.05) is 11.9 Å². The van der Waals surface area contributed by atoms with Crippen molar-refractivity contribution in [3.63, 3.8) is 0 Å². The monoisotopic (exact) mass is 299 g/mol. The molecule has 20 heavy (non-hydrogen) atoms. The molecule has 3 rings (SSSR count). The molecule has 0 aromatic heterocycles. The smallest absolute Gasteiger partial charge is 0.159 e. The van der Waals surface area contributed by atoms with Gasteiger partial charge in [-0.2, -0.15) is 0 Å². The molecule has 1 aliphatic rings. The third-order valence-corrected chi connectivity index (χ3v) is 3.37. The van der Waals surface area contributed by atoms with Crippen molar-refractivity contribution >= 4 is 17.3 Å². The number of nitrogens with one attached hydrogen (secondary N) is 1. The summed E-state index contributed by atoms with van der Waals surface area (Å²) in [6, 6.07) is 6.12. The highest BCUT2D eigenvalue weighted by Crippen LogP contribution is 2.37. The number of rotatable bonds is 1. The van der Waals surface area contributed by atoms with E-state index in [-0.39, 0.29) is 10.8 Å². The second kappa shape index (κ2) is 4.90. The lowest BCUT2D eigenvalue weighted by Gasteiger charge is -2.28. The van der Waals surface area contributed by atoms with Crippen LogP contribution in [0.2, 0.25) is 5.02 Å². The maximum Gasteiger partial charge on any atom is 0.159 e. The Bertz CT molecular complexity index is 678. The van der Waals surface area contributed by atoms with Crippen LogP contribution in [0.3, 0.4) is 0 Å². The average Bonchev–Trinajstić information content (AvgIpc) is 2.43. The minimum absolute atomic E-state index is 0.00822. The third kappa shape index (κ3) is 2.29. The Labute approximate surface area is 118 Å². The molecule has 1 aliphatic heterocycles. The largest absolute Gasteiger partial charge is 0.482 e. The first-order valence-corrected chi connectivity index (χ1v) is 6.27. The quantitative estimate of drug-likeness (QED) is 0.847. The molecule has 0 saturated heterocycles. The summed E-state index contributed by atoms with van der Waals surface area (Å²) in [7, 11) is 0. The highest BCUT2D eigenvalue weighted by molar-refractivity contribution is 6.31. The van der Waals surface area contributed by atoms with Gasteiger partial charge in [0, 0.05) is 6.07 Å². The summed E-state index contributed by atoms with van der Waals surface area (Å²) < 4.78 is 45.1. The number of benzene rings is 2. The summed E-state index contributed by atoms with van der Waals surface area (Å²) in [5, 5.41) is 3.01. The van der Waals surface area contributed by atoms with Crippen LogP contribution < -0.4 is 10.1 Å². The molecule has 0 bridgehead atoms. The number of hydrogen-bond acceptors (Lipinski definition) is 2. The molecule has 0 amide bonds. The van der Waals surface area contributed by atoms with Crippen LogP contribution in [0.4, 0.5) is 18.9 Å². The molecular weight excluding hydrogens is 291 g/mol. The van der Waals surface area contributed by atoms with Gasteiger partial charge in [0.05, 0.1) is 17.3 Å². The molecule has 2 aromatic carbocycles. The van der Waals surface area contributed by atoms with Gasteiger partial charge in [0.25, 0.3) is 0 Å². The summed E-state index contributed by atoms with van der Waals surface area (Å²) in [5.41, 5.74) is 1.03. The SMILES string of the molecule is Fc1ccc(C2CNc3cc(Cl)c(F)cc3O2)cc1F. The van der Waals surface area contributed by atoms with Gasteiger partial charge in [-0.15, -0.1) is 0 Å². The van der Waals surface area contributed by atoms with Gasteiger partial charge in [-0.1, -0.05) is 17.7 Å². The van der Waals surface area contributed by atoms with Gasteiger partial charge in [-0.3, -0.25) is 0 Å². The van der Waals surface area contributed by atoms with Gasteiger partial charge in [-0.05, 0) is 23.8 Å². The van der Waals surface area contributed by atoms with Crippen LogP contribution in [0.25, 0.3) is 0 Å². The van der Waals surface area contributed by atoms with Crippen LogP contribution in [-0.4, -0.2) is 6.54 Å². The van der Waals surface area contributed by atoms with Gasteiger partial charge in [0.15, 0.2) is 11.6 Å². The van der Waals surface area contributed by atoms with Crippen LogP contribution in [0, 0.1) is 17.5 Å². The van der Waals surface area contributed by atoms with Crippen LogP contribution in [0.1, 0.15) is 11.7 Å². The number of fused-ring (bicyclic) bond motifs is 1. The Balaban J connectivity index is 1.91. The molecule has 104 valence electrons. The predicted molar refractivity (Wildman–Crippen MR) is 69.6 cm³/mol. The van der Waals surface area contributed by atoms with E-state index in [9.17, 15) is 13.2 Å². The third-order valence-electron chi connectivity index (χ3n) is 3.09. The first-order chi connectivity index (χ1) is 9.54. The van der Waals surface area contributed by atoms with Crippen molar-refractivity contribution in [3.8, 4) is 5.75 Å². The van der Waals surface area contributed by atoms with E-state index in [1.54, 1.807) is 0 Å². The number of halogens is 4. The van der Waals surface area contributed by atoms with Crippen LogP contribution in [-0.2, 0) is 0 Å². The summed E-state index contributed by atoms with van der Waals surface area (Å²) in [5.74, 6) is -2.18. The zero-order chi connectivity index (χ0) is 14.3. The standard InChI is InChI=1S/C14H9ClF3NO/c15-8-4-12-13(5-10(8)17)20-14(6-19-12)7-1-2-9(16)11(18)3-7/h1-5,14,19H,6H2. The molecule has 0 fully saturated rings. The van der Waals surface area contributed by atoms with Crippen molar-refractivity contribution < 1.29 is 17.9 Å². The maximum atomic E-state index is 13.4. The Kier molecular flexibility index (Phi) is 3.22. The van der Waals surface area contributed by atoms with Crippen molar-refractivity contribution in [1.82, 2.24) is 0 Å². The van der Waals surface area contributed by atoms with Crippen molar-refractivity contribution in [2.45, 2.75) is 6.10 Å². The molecule has 1 unspecified atom stereocenters. The Morgan fingerprint density at radius 1 is 1.05 bits per heavy atom. The van der Waals surface area contributed by atoms with Crippen LogP contribution in [0.5, 0.6) is 5.75 Å². The molecular formula is C14H9ClF3NO. The fraction of sp³-hybridized carbons (Fsp3) is 0.143. The van der Waals surface area contributed by atoms with Crippen molar-refractivity contribution in [2.24, 2.45) is 0 Å². The summed E-state index contributed by atoms with van der Waals surface area (Å²) in [4.78, 5) is 0. The highest BCUT2D eigenvalue weighted by Gasteiger charge is 2.23. The molecule has 2 aromatic rings. The Morgan fingerprint density at radius 2 is 1.85 bits per heavy atom. The fourth-order valence-corrected chi connectivity index (χ4v) is 2.22. The van der Waals surface area contributed by atoms with Gasteiger partial charge < -0.3 is 10.1 Å². The van der Waals surface area contributed by atoms with E-state index in [1.807, 2.05) is 0 Å². The van der Waals surface area contributed by atoms with Gasteiger partial charge >= 0.3 is 0 Å². The summed E-state index contributed by atoms with van der Waals surface area (Å²) >= 11 is 5.68. The Hall–Kier alpha value is -1.88. The molecule has 0 saturated carbocycles. The normalized spacial score (nSPS) is 17.1. The zero-order valence-electron chi connectivity index (χ0n) is 10.1. The van der Waals surface area contributed by atoms with E-state index in [2.05, 4.69) is 5.32 Å². The lowest BCUT2D eigenvalue weighted by atomic mass is 10.1. The molecule has 0 aliphatic carbocycles. The fourth-order valence-electron chi connectivity index (χ4n) is 2.06. The van der Waals surface area contributed by atoms with E-state index in [0.717, 1.165) is 18.2 Å². The lowest BCUT2D eigenvalue weighted by Crippen LogP contribution is -2.24. The first kappa shape index (κ1) is 13.1. The summed E-state index contributed by atoms with van der Waals surface area (Å²) in [6.45, 7) is 0.347.